The second-order valence-electron chi connectivity index (χ2n) is 5.59. The number of anilines is 1. The van der Waals surface area contributed by atoms with Crippen LogP contribution >= 0.6 is 23.4 Å². The van der Waals surface area contributed by atoms with Crippen molar-refractivity contribution in [3.63, 3.8) is 0 Å². The molecular formula is C17H18ClN5OS. The van der Waals surface area contributed by atoms with Gasteiger partial charge in [-0.05, 0) is 30.3 Å². The van der Waals surface area contributed by atoms with Crippen molar-refractivity contribution in [3.8, 4) is 0 Å². The van der Waals surface area contributed by atoms with Crippen molar-refractivity contribution in [1.82, 2.24) is 19.3 Å². The molecule has 0 saturated carbocycles. The topological polar surface area (TPSA) is 64.7 Å². The number of carbonyl (C=O) groups excluding carboxylic acids is 1. The van der Waals surface area contributed by atoms with Gasteiger partial charge in [0, 0.05) is 43.1 Å². The van der Waals surface area contributed by atoms with Crippen LogP contribution in [-0.2, 0) is 25.3 Å². The number of aromatic nitrogens is 4. The Morgan fingerprint density at radius 3 is 2.80 bits per heavy atom. The molecule has 3 aromatic rings. The van der Waals surface area contributed by atoms with Gasteiger partial charge in [0.1, 0.15) is 5.82 Å². The Morgan fingerprint density at radius 1 is 1.24 bits per heavy atom. The Bertz CT molecular complexity index is 889. The molecule has 1 amide bonds. The Balaban J connectivity index is 1.58. The number of nitrogens with zero attached hydrogens (tertiary/aromatic N) is 4. The van der Waals surface area contributed by atoms with E-state index < -0.39 is 0 Å². The molecule has 130 valence electrons. The smallest absolute Gasteiger partial charge is 0.234 e. The standard InChI is InChI=1S/C17H18ClN5OS/c1-22-8-4-7-14(22)10-15-20-21-17(23(15)2)25-11-16(24)19-13-6-3-5-12(18)9-13/h3-9H,10-11H2,1-2H3,(H,19,24). The fourth-order valence-electron chi connectivity index (χ4n) is 2.36. The maximum Gasteiger partial charge on any atom is 0.234 e. The fourth-order valence-corrected chi connectivity index (χ4v) is 3.28. The minimum absolute atomic E-state index is 0.112. The summed E-state index contributed by atoms with van der Waals surface area (Å²) >= 11 is 7.27. The van der Waals surface area contributed by atoms with Gasteiger partial charge in [-0.3, -0.25) is 4.79 Å². The van der Waals surface area contributed by atoms with E-state index in [1.807, 2.05) is 30.9 Å². The molecule has 0 aliphatic heterocycles. The van der Waals surface area contributed by atoms with Gasteiger partial charge in [0.25, 0.3) is 0 Å². The molecule has 0 aliphatic rings. The van der Waals surface area contributed by atoms with Crippen LogP contribution in [0.15, 0.2) is 47.8 Å². The zero-order valence-electron chi connectivity index (χ0n) is 13.9. The number of nitrogens with one attached hydrogen (secondary N) is 1. The van der Waals surface area contributed by atoms with Crippen molar-refractivity contribution < 1.29 is 4.79 Å². The number of aryl methyl sites for hydroxylation is 1. The van der Waals surface area contributed by atoms with E-state index in [0.29, 0.717) is 22.3 Å². The Labute approximate surface area is 155 Å². The molecule has 25 heavy (non-hydrogen) atoms. The first-order valence-electron chi connectivity index (χ1n) is 7.69. The lowest BCUT2D eigenvalue weighted by Crippen LogP contribution is -2.14. The van der Waals surface area contributed by atoms with Gasteiger partial charge >= 0.3 is 0 Å². The number of benzene rings is 1. The number of halogens is 1. The maximum absolute atomic E-state index is 12.1. The summed E-state index contributed by atoms with van der Waals surface area (Å²) in [7, 11) is 3.91. The quantitative estimate of drug-likeness (QED) is 0.672. The predicted molar refractivity (Wildman–Crippen MR) is 100 cm³/mol. The molecule has 0 spiro atoms. The Hall–Kier alpha value is -2.25. The molecule has 0 fully saturated rings. The van der Waals surface area contributed by atoms with Crippen molar-refractivity contribution in [3.05, 3.63) is 59.1 Å². The zero-order chi connectivity index (χ0) is 17.8. The van der Waals surface area contributed by atoms with Crippen molar-refractivity contribution in [2.45, 2.75) is 11.6 Å². The van der Waals surface area contributed by atoms with Crippen molar-refractivity contribution >= 4 is 35.0 Å². The summed E-state index contributed by atoms with van der Waals surface area (Å²) in [5.74, 6) is 1.00. The molecule has 1 aromatic carbocycles. The number of hydrogen-bond donors (Lipinski definition) is 1. The van der Waals surface area contributed by atoms with Crippen LogP contribution in [0.3, 0.4) is 0 Å². The maximum atomic E-state index is 12.1. The van der Waals surface area contributed by atoms with Crippen LogP contribution in [0.4, 0.5) is 5.69 Å². The summed E-state index contributed by atoms with van der Waals surface area (Å²) < 4.78 is 3.98. The van der Waals surface area contributed by atoms with Crippen LogP contribution in [0.1, 0.15) is 11.5 Å². The van der Waals surface area contributed by atoms with Gasteiger partial charge < -0.3 is 14.5 Å². The second kappa shape index (κ2) is 7.76. The van der Waals surface area contributed by atoms with E-state index in [1.165, 1.54) is 11.8 Å². The number of rotatable bonds is 6. The van der Waals surface area contributed by atoms with Crippen LogP contribution < -0.4 is 5.32 Å². The summed E-state index contributed by atoms with van der Waals surface area (Å²) in [6.45, 7) is 0. The summed E-state index contributed by atoms with van der Waals surface area (Å²) in [6.07, 6.45) is 2.70. The number of hydrogen-bond acceptors (Lipinski definition) is 4. The van der Waals surface area contributed by atoms with Gasteiger partial charge in [0.2, 0.25) is 5.91 Å². The molecule has 0 atom stereocenters. The van der Waals surface area contributed by atoms with E-state index in [9.17, 15) is 4.79 Å². The van der Waals surface area contributed by atoms with Gasteiger partial charge in [-0.1, -0.05) is 29.4 Å². The number of carbonyl (C=O) groups is 1. The van der Waals surface area contributed by atoms with Crippen LogP contribution in [0, 0.1) is 0 Å². The van der Waals surface area contributed by atoms with E-state index in [1.54, 1.807) is 24.3 Å². The predicted octanol–water partition coefficient (Wildman–Crippen LogP) is 3.13. The van der Waals surface area contributed by atoms with E-state index in [4.69, 9.17) is 11.6 Å². The highest BCUT2D eigenvalue weighted by molar-refractivity contribution is 7.99. The molecule has 3 rings (SSSR count). The van der Waals surface area contributed by atoms with Crippen molar-refractivity contribution in [2.75, 3.05) is 11.1 Å². The van der Waals surface area contributed by atoms with Gasteiger partial charge in [0.05, 0.1) is 5.75 Å². The lowest BCUT2D eigenvalue weighted by atomic mass is 10.3. The second-order valence-corrected chi connectivity index (χ2v) is 6.97. The molecule has 2 heterocycles. The van der Waals surface area contributed by atoms with Crippen LogP contribution in [0.2, 0.25) is 5.02 Å². The van der Waals surface area contributed by atoms with Crippen LogP contribution in [-0.4, -0.2) is 31.0 Å². The minimum atomic E-state index is -0.112. The first-order valence-corrected chi connectivity index (χ1v) is 9.06. The van der Waals surface area contributed by atoms with E-state index in [0.717, 1.165) is 11.5 Å². The molecule has 6 nitrogen and oxygen atoms in total. The first kappa shape index (κ1) is 17.6. The third-order valence-electron chi connectivity index (χ3n) is 3.76. The molecule has 0 radical (unpaired) electrons. The van der Waals surface area contributed by atoms with Gasteiger partial charge in [-0.25, -0.2) is 0 Å². The molecule has 2 aromatic heterocycles. The van der Waals surface area contributed by atoms with Gasteiger partial charge in [0.15, 0.2) is 5.16 Å². The minimum Gasteiger partial charge on any atom is -0.354 e. The highest BCUT2D eigenvalue weighted by Gasteiger charge is 2.13. The highest BCUT2D eigenvalue weighted by Crippen LogP contribution is 2.19. The SMILES string of the molecule is Cn1cccc1Cc1nnc(SCC(=O)Nc2cccc(Cl)c2)n1C. The van der Waals surface area contributed by atoms with Crippen molar-refractivity contribution in [1.29, 1.82) is 0 Å². The number of thioether (sulfide) groups is 1. The fraction of sp³-hybridized carbons (Fsp3) is 0.235. The van der Waals surface area contributed by atoms with Crippen LogP contribution in [0.25, 0.3) is 0 Å². The molecule has 0 bridgehead atoms. The lowest BCUT2D eigenvalue weighted by Gasteiger charge is -2.06. The summed E-state index contributed by atoms with van der Waals surface area (Å²) in [6, 6.07) is 11.1. The highest BCUT2D eigenvalue weighted by atomic mass is 35.5. The average Bonchev–Trinajstić information content (AvgIpc) is 3.13. The molecule has 0 aliphatic carbocycles. The summed E-state index contributed by atoms with van der Waals surface area (Å²) in [4.78, 5) is 12.1. The summed E-state index contributed by atoms with van der Waals surface area (Å²) in [5, 5.41) is 12.5. The molecular weight excluding hydrogens is 358 g/mol. The average molecular weight is 376 g/mol. The number of amides is 1. The lowest BCUT2D eigenvalue weighted by molar-refractivity contribution is -0.113. The van der Waals surface area contributed by atoms with Gasteiger partial charge in [-0.2, -0.15) is 0 Å². The van der Waals surface area contributed by atoms with E-state index in [2.05, 4.69) is 26.1 Å². The van der Waals surface area contributed by atoms with Gasteiger partial charge in [-0.15, -0.1) is 10.2 Å². The molecule has 0 saturated heterocycles. The molecule has 1 N–H and O–H groups in total. The van der Waals surface area contributed by atoms with Crippen molar-refractivity contribution in [2.24, 2.45) is 14.1 Å². The Morgan fingerprint density at radius 2 is 2.08 bits per heavy atom. The zero-order valence-corrected chi connectivity index (χ0v) is 15.5. The largest absolute Gasteiger partial charge is 0.354 e. The third kappa shape index (κ3) is 4.43. The summed E-state index contributed by atoms with van der Waals surface area (Å²) in [5.41, 5.74) is 1.84. The molecule has 0 unspecified atom stereocenters. The van der Waals surface area contributed by atoms with E-state index >= 15 is 0 Å². The normalized spacial score (nSPS) is 10.8. The van der Waals surface area contributed by atoms with Crippen LogP contribution in [0.5, 0.6) is 0 Å². The Kier molecular flexibility index (Phi) is 5.45. The monoisotopic (exact) mass is 375 g/mol. The molecule has 8 heteroatoms. The first-order chi connectivity index (χ1) is 12.0. The van der Waals surface area contributed by atoms with E-state index in [-0.39, 0.29) is 11.7 Å². The third-order valence-corrected chi connectivity index (χ3v) is 5.01.